The molecule has 0 amide bonds. The van der Waals surface area contributed by atoms with Crippen LogP contribution in [0.2, 0.25) is 0 Å². The fourth-order valence-corrected chi connectivity index (χ4v) is 5.89. The number of aliphatic carboxylic acids is 1. The van der Waals surface area contributed by atoms with E-state index in [0.717, 1.165) is 22.4 Å². The van der Waals surface area contributed by atoms with Crippen LogP contribution in [-0.2, 0) is 13.9 Å². The monoisotopic (exact) mass is 571 g/mol. The number of aliphatic hydroxyl groups is 1. The van der Waals surface area contributed by atoms with Crippen molar-refractivity contribution in [3.63, 3.8) is 0 Å². The Labute approximate surface area is 239 Å². The van der Waals surface area contributed by atoms with Crippen molar-refractivity contribution in [1.29, 1.82) is 0 Å². The number of carbonyl (C=O) groups is 1. The highest BCUT2D eigenvalue weighted by atomic mass is 31.2. The molecule has 6 nitrogen and oxygen atoms in total. The van der Waals surface area contributed by atoms with E-state index in [-0.39, 0.29) is 11.7 Å². The van der Waals surface area contributed by atoms with Crippen LogP contribution in [0.1, 0.15) is 37.4 Å². The molecule has 1 heterocycles. The van der Waals surface area contributed by atoms with Gasteiger partial charge in [-0.25, -0.2) is 4.39 Å². The van der Waals surface area contributed by atoms with Crippen LogP contribution in [0.4, 0.5) is 4.39 Å². The second-order valence-corrected chi connectivity index (χ2v) is 12.2. The summed E-state index contributed by atoms with van der Waals surface area (Å²) in [4.78, 5) is 16.2. The van der Waals surface area contributed by atoms with Gasteiger partial charge in [0.05, 0.1) is 35.6 Å². The van der Waals surface area contributed by atoms with E-state index in [4.69, 9.17) is 14.6 Å². The van der Waals surface area contributed by atoms with E-state index >= 15 is 0 Å². The van der Waals surface area contributed by atoms with Gasteiger partial charge in [-0.3, -0.25) is 14.3 Å². The number of hydrogen-bond donors (Lipinski definition) is 2. The van der Waals surface area contributed by atoms with Gasteiger partial charge in [0, 0.05) is 23.8 Å². The van der Waals surface area contributed by atoms with Crippen molar-refractivity contribution in [2.45, 2.75) is 32.3 Å². The summed E-state index contributed by atoms with van der Waals surface area (Å²) < 4.78 is 32.9. The summed E-state index contributed by atoms with van der Waals surface area (Å²) in [7, 11) is -2.55. The minimum Gasteiger partial charge on any atom is -0.481 e. The molecule has 0 saturated carbocycles. The van der Waals surface area contributed by atoms with Crippen LogP contribution in [-0.4, -0.2) is 40.5 Å². The zero-order valence-electron chi connectivity index (χ0n) is 23.0. The maximum Gasteiger partial charge on any atom is 0.305 e. The van der Waals surface area contributed by atoms with Crippen LogP contribution in [0.25, 0.3) is 33.5 Å². The average Bonchev–Trinajstić information content (AvgIpc) is 2.96. The molecule has 0 bridgehead atoms. The standard InChI is InChI=1S/C33H31FNO5P/c1-22(2)32-28(18-19-41(39,40-3)21-27(36)20-29(37)38)30(24-14-16-26(34)17-15-24)31(23-10-6-4-7-11-23)33(35-32)25-12-8-5-9-13-25/h4-17,22,27,36H,20-21H2,1-3H3,(H,37,38)/t27-,41?/m0/s1. The van der Waals surface area contributed by atoms with Gasteiger partial charge in [0.2, 0.25) is 0 Å². The van der Waals surface area contributed by atoms with Gasteiger partial charge in [0.1, 0.15) is 5.82 Å². The molecule has 2 N–H and O–H groups in total. The molecular formula is C33H31FNO5P. The number of benzene rings is 3. The Balaban J connectivity index is 2.09. The van der Waals surface area contributed by atoms with Gasteiger partial charge in [-0.2, -0.15) is 0 Å². The number of halogens is 1. The van der Waals surface area contributed by atoms with E-state index in [1.165, 1.54) is 19.2 Å². The van der Waals surface area contributed by atoms with Gasteiger partial charge in [-0.05, 0) is 34.8 Å². The smallest absolute Gasteiger partial charge is 0.305 e. The fourth-order valence-electron chi connectivity index (χ4n) is 4.59. The summed E-state index contributed by atoms with van der Waals surface area (Å²) in [5, 5.41) is 19.2. The maximum atomic E-state index is 14.1. The zero-order valence-corrected chi connectivity index (χ0v) is 23.9. The number of carboxylic acids is 1. The summed E-state index contributed by atoms with van der Waals surface area (Å²) in [5.74, 6) is 1.35. The lowest BCUT2D eigenvalue weighted by Gasteiger charge is -2.22. The number of pyridine rings is 1. The molecule has 4 aromatic rings. The molecule has 0 fully saturated rings. The summed E-state index contributed by atoms with van der Waals surface area (Å²) in [5.41, 5.74) is 8.50. The van der Waals surface area contributed by atoms with Crippen molar-refractivity contribution in [2.24, 2.45) is 0 Å². The third kappa shape index (κ3) is 7.17. The summed E-state index contributed by atoms with van der Waals surface area (Å²) in [6.07, 6.45) is -2.42. The van der Waals surface area contributed by atoms with Crippen molar-refractivity contribution in [3.05, 3.63) is 102 Å². The van der Waals surface area contributed by atoms with Crippen LogP contribution in [0.5, 0.6) is 0 Å². The Kier molecular flexibility index (Phi) is 9.52. The molecule has 0 aliphatic rings. The fraction of sp³-hybridized carbons (Fsp3) is 0.212. The number of hydrogen-bond acceptors (Lipinski definition) is 5. The molecule has 3 aromatic carbocycles. The number of rotatable bonds is 9. The number of carboxylic acid groups (broad SMARTS) is 1. The van der Waals surface area contributed by atoms with E-state index in [0.29, 0.717) is 22.4 Å². The van der Waals surface area contributed by atoms with Crippen molar-refractivity contribution >= 4 is 13.3 Å². The summed E-state index contributed by atoms with van der Waals surface area (Å²) in [6.45, 7) is 3.96. The predicted molar refractivity (Wildman–Crippen MR) is 159 cm³/mol. The molecule has 0 spiro atoms. The first-order valence-corrected chi connectivity index (χ1v) is 15.0. The predicted octanol–water partition coefficient (Wildman–Crippen LogP) is 7.41. The molecule has 2 atom stereocenters. The lowest BCUT2D eigenvalue weighted by molar-refractivity contribution is -0.138. The second kappa shape index (κ2) is 13.1. The minimum absolute atomic E-state index is 0.106. The Morgan fingerprint density at radius 1 is 0.927 bits per heavy atom. The second-order valence-electron chi connectivity index (χ2n) is 9.89. The highest BCUT2D eigenvalue weighted by Crippen LogP contribution is 2.47. The van der Waals surface area contributed by atoms with E-state index in [1.807, 2.05) is 74.5 Å². The van der Waals surface area contributed by atoms with E-state index in [2.05, 4.69) is 11.6 Å². The molecule has 0 aliphatic carbocycles. The molecule has 0 saturated heterocycles. The van der Waals surface area contributed by atoms with Gasteiger partial charge in [0.15, 0.2) is 0 Å². The van der Waals surface area contributed by atoms with Gasteiger partial charge in [-0.15, -0.1) is 0 Å². The quantitative estimate of drug-likeness (QED) is 0.160. The Bertz CT molecular complexity index is 1630. The molecule has 8 heteroatoms. The van der Waals surface area contributed by atoms with Crippen LogP contribution in [0.15, 0.2) is 84.9 Å². The molecule has 1 unspecified atom stereocenters. The first-order chi connectivity index (χ1) is 19.6. The van der Waals surface area contributed by atoms with Gasteiger partial charge < -0.3 is 14.7 Å². The van der Waals surface area contributed by atoms with Gasteiger partial charge >= 0.3 is 5.97 Å². The average molecular weight is 572 g/mol. The normalized spacial score (nSPS) is 13.2. The molecule has 0 radical (unpaired) electrons. The Hall–Kier alpha value is -4.08. The topological polar surface area (TPSA) is 96.7 Å². The highest BCUT2D eigenvalue weighted by molar-refractivity contribution is 7.64. The third-order valence-electron chi connectivity index (χ3n) is 6.52. The maximum absolute atomic E-state index is 14.1. The highest BCUT2D eigenvalue weighted by Gasteiger charge is 2.27. The van der Waals surface area contributed by atoms with E-state index in [9.17, 15) is 18.9 Å². The summed E-state index contributed by atoms with van der Waals surface area (Å²) in [6, 6.07) is 25.5. The van der Waals surface area contributed by atoms with E-state index < -0.39 is 32.0 Å². The van der Waals surface area contributed by atoms with Crippen molar-refractivity contribution in [2.75, 3.05) is 13.3 Å². The van der Waals surface area contributed by atoms with Crippen LogP contribution in [0.3, 0.4) is 0 Å². The molecule has 41 heavy (non-hydrogen) atoms. The van der Waals surface area contributed by atoms with Gasteiger partial charge in [-0.1, -0.05) is 92.6 Å². The molecular weight excluding hydrogens is 540 g/mol. The molecule has 4 rings (SSSR count). The Morgan fingerprint density at radius 3 is 2.02 bits per heavy atom. The number of nitrogens with zero attached hydrogens (tertiary/aromatic N) is 1. The molecule has 0 aliphatic heterocycles. The van der Waals surface area contributed by atoms with Crippen LogP contribution in [0, 0.1) is 17.4 Å². The Morgan fingerprint density at radius 2 is 1.49 bits per heavy atom. The minimum atomic E-state index is -3.77. The van der Waals surface area contributed by atoms with E-state index in [1.54, 1.807) is 12.1 Å². The lowest BCUT2D eigenvalue weighted by Crippen LogP contribution is -2.17. The number of aliphatic hydroxyl groups excluding tert-OH is 1. The first kappa shape index (κ1) is 29.9. The summed E-state index contributed by atoms with van der Waals surface area (Å²) >= 11 is 0. The zero-order chi connectivity index (χ0) is 29.6. The molecule has 210 valence electrons. The lowest BCUT2D eigenvalue weighted by atomic mass is 9.85. The van der Waals surface area contributed by atoms with Crippen LogP contribution < -0.4 is 0 Å². The van der Waals surface area contributed by atoms with Crippen molar-refractivity contribution < 1.29 is 28.5 Å². The van der Waals surface area contributed by atoms with Crippen LogP contribution >= 0.6 is 7.37 Å². The van der Waals surface area contributed by atoms with Crippen molar-refractivity contribution in [3.8, 4) is 45.1 Å². The third-order valence-corrected chi connectivity index (χ3v) is 8.47. The first-order valence-electron chi connectivity index (χ1n) is 13.1. The SMILES string of the molecule is COP(=O)(C#Cc1c(C(C)C)nc(-c2ccccc2)c(-c2ccccc2)c1-c1ccc(F)cc1)C[C@@H](O)CC(=O)O. The van der Waals surface area contributed by atoms with Gasteiger partial charge in [0.25, 0.3) is 7.37 Å². The molecule has 1 aromatic heterocycles. The number of aromatic nitrogens is 1. The van der Waals surface area contributed by atoms with Crippen molar-refractivity contribution in [1.82, 2.24) is 4.98 Å². The largest absolute Gasteiger partial charge is 0.481 e.